The number of carbonyl (C=O) groups is 1. The van der Waals surface area contributed by atoms with E-state index in [2.05, 4.69) is 22.4 Å². The Bertz CT molecular complexity index is 1700. The van der Waals surface area contributed by atoms with Crippen molar-refractivity contribution < 1.29 is 22.7 Å². The van der Waals surface area contributed by atoms with E-state index in [9.17, 15) is 23.2 Å². The molecule has 0 N–H and O–H groups in total. The molecule has 3 aromatic rings. The van der Waals surface area contributed by atoms with Crippen LogP contribution in [0.3, 0.4) is 0 Å². The summed E-state index contributed by atoms with van der Waals surface area (Å²) in [5, 5.41) is 12.2. The van der Waals surface area contributed by atoms with Crippen molar-refractivity contribution in [2.75, 3.05) is 49.1 Å². The molecule has 0 radical (unpaired) electrons. The molecule has 48 heavy (non-hydrogen) atoms. The maximum Gasteiger partial charge on any atom is 0.403 e. The van der Waals surface area contributed by atoms with Crippen molar-refractivity contribution in [3.05, 3.63) is 65.3 Å². The van der Waals surface area contributed by atoms with Crippen LogP contribution in [0.2, 0.25) is 5.02 Å². The van der Waals surface area contributed by atoms with Gasteiger partial charge < -0.3 is 19.4 Å². The van der Waals surface area contributed by atoms with Crippen molar-refractivity contribution in [3.63, 3.8) is 0 Å². The first-order valence-corrected chi connectivity index (χ1v) is 16.8. The maximum atomic E-state index is 13.7. The van der Waals surface area contributed by atoms with Gasteiger partial charge in [0.15, 0.2) is 0 Å². The van der Waals surface area contributed by atoms with Gasteiger partial charge in [0.1, 0.15) is 18.5 Å². The molecule has 1 saturated carbocycles. The fourth-order valence-corrected chi connectivity index (χ4v) is 7.31. The number of fused-ring (bicyclic) bond motifs is 2. The van der Waals surface area contributed by atoms with Gasteiger partial charge in [0, 0.05) is 55.4 Å². The largest absolute Gasteiger partial charge is 0.462 e. The standard InChI is InChI=1S/C35H39ClF3N7O2/c1-3-31(47)46-18-17-44(21-26(46)13-15-40)33-27-14-16-43(30-12-5-8-24-7-4-11-28(36)32(24)30)22-29(27)41-34(42-33)48-20-19-45(25-9-6-10-25)23(2)35(37,38)39/h3-5,7-8,11-12,23,25-26H,1,6,9-10,13-14,16-22H2,2H3/t23-,26+/m1/s1. The topological polar surface area (TPSA) is 88.8 Å². The second-order valence-electron chi connectivity index (χ2n) is 12.6. The van der Waals surface area contributed by atoms with E-state index in [4.69, 9.17) is 26.3 Å². The Hall–Kier alpha value is -4.08. The summed E-state index contributed by atoms with van der Waals surface area (Å²) >= 11 is 6.68. The molecule has 9 nitrogen and oxygen atoms in total. The Labute approximate surface area is 283 Å². The number of nitrogens with zero attached hydrogens (tertiary/aromatic N) is 7. The Morgan fingerprint density at radius 1 is 1.19 bits per heavy atom. The van der Waals surface area contributed by atoms with Gasteiger partial charge in [-0.15, -0.1) is 0 Å². The van der Waals surface area contributed by atoms with Crippen LogP contribution in [0, 0.1) is 11.3 Å². The molecule has 2 aromatic carbocycles. The first kappa shape index (κ1) is 33.8. The van der Waals surface area contributed by atoms with E-state index in [1.807, 2.05) is 36.4 Å². The number of benzene rings is 2. The van der Waals surface area contributed by atoms with Crippen LogP contribution in [-0.2, 0) is 17.8 Å². The summed E-state index contributed by atoms with van der Waals surface area (Å²) < 4.78 is 47.3. The summed E-state index contributed by atoms with van der Waals surface area (Å²) in [4.78, 5) is 29.7. The number of halogens is 4. The molecular weight excluding hydrogens is 643 g/mol. The van der Waals surface area contributed by atoms with Crippen LogP contribution < -0.4 is 14.5 Å². The zero-order chi connectivity index (χ0) is 34.0. The van der Waals surface area contributed by atoms with Crippen molar-refractivity contribution in [1.29, 1.82) is 5.26 Å². The molecule has 1 aromatic heterocycles. The van der Waals surface area contributed by atoms with E-state index in [1.54, 1.807) is 4.90 Å². The van der Waals surface area contributed by atoms with E-state index in [0.29, 0.717) is 50.0 Å². The van der Waals surface area contributed by atoms with Gasteiger partial charge in [-0.1, -0.05) is 48.9 Å². The lowest BCUT2D eigenvalue weighted by atomic mass is 9.90. The molecule has 3 aliphatic rings. The van der Waals surface area contributed by atoms with Gasteiger partial charge in [-0.05, 0) is 49.8 Å². The lowest BCUT2D eigenvalue weighted by Gasteiger charge is -2.42. The number of carbonyl (C=O) groups excluding carboxylic acids is 1. The molecule has 254 valence electrons. The lowest BCUT2D eigenvalue weighted by molar-refractivity contribution is -0.189. The van der Waals surface area contributed by atoms with Crippen LogP contribution in [0.15, 0.2) is 49.1 Å². The third-order valence-electron chi connectivity index (χ3n) is 9.86. The lowest BCUT2D eigenvalue weighted by Crippen LogP contribution is -2.55. The van der Waals surface area contributed by atoms with E-state index in [0.717, 1.165) is 47.0 Å². The minimum Gasteiger partial charge on any atom is -0.462 e. The van der Waals surface area contributed by atoms with Gasteiger partial charge in [0.25, 0.3) is 0 Å². The number of piperazine rings is 1. The first-order chi connectivity index (χ1) is 23.1. The number of rotatable bonds is 10. The first-order valence-electron chi connectivity index (χ1n) is 16.4. The molecule has 0 unspecified atom stereocenters. The Morgan fingerprint density at radius 3 is 2.65 bits per heavy atom. The summed E-state index contributed by atoms with van der Waals surface area (Å²) in [7, 11) is 0. The molecular formula is C35H39ClF3N7O2. The van der Waals surface area contributed by atoms with Gasteiger partial charge >= 0.3 is 12.2 Å². The number of amides is 1. The molecule has 1 saturated heterocycles. The van der Waals surface area contributed by atoms with Crippen molar-refractivity contribution in [1.82, 2.24) is 19.8 Å². The number of alkyl halides is 3. The zero-order valence-electron chi connectivity index (χ0n) is 26.9. The van der Waals surface area contributed by atoms with Crippen LogP contribution in [0.5, 0.6) is 6.01 Å². The molecule has 0 bridgehead atoms. The molecule has 2 atom stereocenters. The predicted octanol–water partition coefficient (Wildman–Crippen LogP) is 6.15. The quantitative estimate of drug-likeness (QED) is 0.236. The molecule has 6 rings (SSSR count). The number of hydrogen-bond donors (Lipinski definition) is 0. The molecule has 3 heterocycles. The highest BCUT2D eigenvalue weighted by atomic mass is 35.5. The SMILES string of the molecule is C=CC(=O)N1CCN(c2nc(OCCN(C3CCC3)[C@H](C)C(F)(F)F)nc3c2CCN(c2cccc4cccc(Cl)c24)C3)C[C@@H]1CC#N. The Morgan fingerprint density at radius 2 is 1.96 bits per heavy atom. The zero-order valence-corrected chi connectivity index (χ0v) is 27.7. The number of hydrogen-bond acceptors (Lipinski definition) is 8. The summed E-state index contributed by atoms with van der Waals surface area (Å²) in [6, 6.07) is 12.1. The summed E-state index contributed by atoms with van der Waals surface area (Å²) in [6.07, 6.45) is 0.0835. The highest BCUT2D eigenvalue weighted by molar-refractivity contribution is 6.36. The van der Waals surface area contributed by atoms with E-state index >= 15 is 0 Å². The number of aromatic nitrogens is 2. The Kier molecular flexibility index (Phi) is 9.99. The van der Waals surface area contributed by atoms with E-state index in [1.165, 1.54) is 17.9 Å². The van der Waals surface area contributed by atoms with Crippen LogP contribution >= 0.6 is 11.6 Å². The number of ether oxygens (including phenoxy) is 1. The van der Waals surface area contributed by atoms with Crippen molar-refractivity contribution in [2.24, 2.45) is 0 Å². The van der Waals surface area contributed by atoms with Crippen LogP contribution in [0.25, 0.3) is 10.8 Å². The van der Waals surface area contributed by atoms with E-state index < -0.39 is 12.2 Å². The molecule has 1 aliphatic carbocycles. The van der Waals surface area contributed by atoms with E-state index in [-0.39, 0.29) is 43.6 Å². The molecule has 2 aliphatic heterocycles. The van der Waals surface area contributed by atoms with Crippen molar-refractivity contribution >= 4 is 39.8 Å². The average Bonchev–Trinajstić information content (AvgIpc) is 3.05. The molecule has 2 fully saturated rings. The minimum absolute atomic E-state index is 0.00351. The second kappa shape index (κ2) is 14.2. The van der Waals surface area contributed by atoms with Gasteiger partial charge in [0.05, 0.1) is 35.8 Å². The molecule has 13 heteroatoms. The minimum atomic E-state index is -4.34. The monoisotopic (exact) mass is 681 g/mol. The second-order valence-corrected chi connectivity index (χ2v) is 13.0. The van der Waals surface area contributed by atoms with Crippen molar-refractivity contribution in [3.8, 4) is 12.1 Å². The fourth-order valence-electron chi connectivity index (χ4n) is 7.04. The predicted molar refractivity (Wildman–Crippen MR) is 179 cm³/mol. The van der Waals surface area contributed by atoms with Crippen LogP contribution in [0.4, 0.5) is 24.7 Å². The summed E-state index contributed by atoms with van der Waals surface area (Å²) in [6.45, 7) is 7.28. The normalized spacial score (nSPS) is 19.1. The smallest absolute Gasteiger partial charge is 0.403 e. The van der Waals surface area contributed by atoms with Gasteiger partial charge in [0.2, 0.25) is 5.91 Å². The van der Waals surface area contributed by atoms with Crippen LogP contribution in [0.1, 0.15) is 43.9 Å². The van der Waals surface area contributed by atoms with Gasteiger partial charge in [-0.25, -0.2) is 0 Å². The average molecular weight is 682 g/mol. The third kappa shape index (κ3) is 6.89. The van der Waals surface area contributed by atoms with Gasteiger partial charge in [-0.2, -0.15) is 28.4 Å². The number of nitriles is 1. The fraction of sp³-hybridized carbons (Fsp3) is 0.486. The summed E-state index contributed by atoms with van der Waals surface area (Å²) in [5.74, 6) is 0.441. The third-order valence-corrected chi connectivity index (χ3v) is 10.2. The Balaban J connectivity index is 1.31. The highest BCUT2D eigenvalue weighted by Crippen LogP contribution is 2.38. The summed E-state index contributed by atoms with van der Waals surface area (Å²) in [5.41, 5.74) is 2.69. The van der Waals surface area contributed by atoms with Crippen molar-refractivity contribution in [2.45, 2.75) is 69.9 Å². The number of anilines is 2. The highest BCUT2D eigenvalue weighted by Gasteiger charge is 2.43. The molecule has 0 spiro atoms. The maximum absolute atomic E-state index is 13.7. The van der Waals surface area contributed by atoms with Gasteiger partial charge in [-0.3, -0.25) is 9.69 Å². The van der Waals surface area contributed by atoms with Crippen LogP contribution in [-0.4, -0.2) is 89.3 Å². The molecule has 1 amide bonds.